The first kappa shape index (κ1) is 12.2. The summed E-state index contributed by atoms with van der Waals surface area (Å²) >= 11 is 0. The third-order valence-electron chi connectivity index (χ3n) is 4.20. The molecule has 0 aromatic heterocycles. The molecule has 1 aromatic carbocycles. The van der Waals surface area contributed by atoms with Crippen LogP contribution in [0.5, 0.6) is 0 Å². The Morgan fingerprint density at radius 3 is 2.53 bits per heavy atom. The minimum atomic E-state index is -0.219. The van der Waals surface area contributed by atoms with Gasteiger partial charge in [0.05, 0.1) is 11.1 Å². The van der Waals surface area contributed by atoms with Crippen LogP contribution in [0.2, 0.25) is 0 Å². The normalized spacial score (nSPS) is 19.9. The number of amides is 2. The number of nitrogen functional groups attached to an aromatic ring is 1. The number of hydrogen-bond donors (Lipinski definition) is 1. The second-order valence-corrected chi connectivity index (χ2v) is 5.49. The van der Waals surface area contributed by atoms with Crippen LogP contribution in [0.3, 0.4) is 0 Å². The van der Waals surface area contributed by atoms with Crippen molar-refractivity contribution in [1.29, 1.82) is 0 Å². The fourth-order valence-corrected chi connectivity index (χ4v) is 3.15. The van der Waals surface area contributed by atoms with Crippen molar-refractivity contribution in [3.63, 3.8) is 0 Å². The van der Waals surface area contributed by atoms with E-state index in [2.05, 4.69) is 0 Å². The molecule has 2 aliphatic rings. The molecule has 0 bridgehead atoms. The number of benzene rings is 1. The molecule has 100 valence electrons. The van der Waals surface area contributed by atoms with Gasteiger partial charge in [-0.1, -0.05) is 25.3 Å². The summed E-state index contributed by atoms with van der Waals surface area (Å²) in [6, 6.07) is 5.09. The molecule has 19 heavy (non-hydrogen) atoms. The Kier molecular flexibility index (Phi) is 3.01. The van der Waals surface area contributed by atoms with Crippen molar-refractivity contribution in [3.05, 3.63) is 29.3 Å². The van der Waals surface area contributed by atoms with Gasteiger partial charge in [-0.15, -0.1) is 0 Å². The standard InChI is InChI=1S/C15H18N2O2/c16-12-8-4-7-11-13(12)15(19)17(14(11)18)9-10-5-2-1-3-6-10/h4,7-8,10H,1-3,5-6,9,16H2. The smallest absolute Gasteiger partial charge is 0.263 e. The summed E-state index contributed by atoms with van der Waals surface area (Å²) in [4.78, 5) is 26.0. The van der Waals surface area contributed by atoms with E-state index in [0.717, 1.165) is 12.8 Å². The molecule has 1 aliphatic carbocycles. The quantitative estimate of drug-likeness (QED) is 0.654. The molecular formula is C15H18N2O2. The monoisotopic (exact) mass is 258 g/mol. The highest BCUT2D eigenvalue weighted by Gasteiger charge is 2.38. The van der Waals surface area contributed by atoms with Gasteiger partial charge in [-0.25, -0.2) is 0 Å². The van der Waals surface area contributed by atoms with Crippen molar-refractivity contribution in [2.75, 3.05) is 12.3 Å². The van der Waals surface area contributed by atoms with Gasteiger partial charge in [0, 0.05) is 12.2 Å². The van der Waals surface area contributed by atoms with E-state index in [9.17, 15) is 9.59 Å². The summed E-state index contributed by atoms with van der Waals surface area (Å²) in [5.41, 5.74) is 7.08. The summed E-state index contributed by atoms with van der Waals surface area (Å²) in [5, 5.41) is 0. The van der Waals surface area contributed by atoms with Gasteiger partial charge in [0.1, 0.15) is 0 Å². The van der Waals surface area contributed by atoms with Gasteiger partial charge in [0.25, 0.3) is 11.8 Å². The van der Waals surface area contributed by atoms with E-state index < -0.39 is 0 Å². The van der Waals surface area contributed by atoms with Crippen LogP contribution in [0.4, 0.5) is 5.69 Å². The van der Waals surface area contributed by atoms with Gasteiger partial charge < -0.3 is 5.73 Å². The molecule has 1 fully saturated rings. The van der Waals surface area contributed by atoms with Gasteiger partial charge in [-0.05, 0) is 30.9 Å². The topological polar surface area (TPSA) is 63.4 Å². The summed E-state index contributed by atoms with van der Waals surface area (Å²) < 4.78 is 0. The Morgan fingerprint density at radius 2 is 1.84 bits per heavy atom. The van der Waals surface area contributed by atoms with Crippen molar-refractivity contribution < 1.29 is 9.59 Å². The number of nitrogens with two attached hydrogens (primary N) is 1. The minimum absolute atomic E-state index is 0.183. The van der Waals surface area contributed by atoms with E-state index in [1.54, 1.807) is 18.2 Å². The van der Waals surface area contributed by atoms with Crippen LogP contribution in [0.25, 0.3) is 0 Å². The molecule has 1 aromatic rings. The number of imide groups is 1. The van der Waals surface area contributed by atoms with Gasteiger partial charge >= 0.3 is 0 Å². The third-order valence-corrected chi connectivity index (χ3v) is 4.20. The second kappa shape index (κ2) is 4.68. The Balaban J connectivity index is 1.84. The fraction of sp³-hybridized carbons (Fsp3) is 0.467. The Hall–Kier alpha value is -1.84. The van der Waals surface area contributed by atoms with E-state index >= 15 is 0 Å². The predicted molar refractivity (Wildman–Crippen MR) is 72.8 cm³/mol. The van der Waals surface area contributed by atoms with Crippen LogP contribution in [0, 0.1) is 5.92 Å². The van der Waals surface area contributed by atoms with Crippen LogP contribution >= 0.6 is 0 Å². The largest absolute Gasteiger partial charge is 0.398 e. The van der Waals surface area contributed by atoms with E-state index in [1.807, 2.05) is 0 Å². The van der Waals surface area contributed by atoms with Crippen LogP contribution in [0.15, 0.2) is 18.2 Å². The number of rotatable bonds is 2. The zero-order chi connectivity index (χ0) is 13.4. The number of hydrogen-bond acceptors (Lipinski definition) is 3. The first-order chi connectivity index (χ1) is 9.18. The summed E-state index contributed by atoms with van der Waals surface area (Å²) in [6.45, 7) is 0.547. The predicted octanol–water partition coefficient (Wildman–Crippen LogP) is 2.45. The molecule has 1 heterocycles. The Labute approximate surface area is 112 Å². The second-order valence-electron chi connectivity index (χ2n) is 5.49. The lowest BCUT2D eigenvalue weighted by Crippen LogP contribution is -2.35. The van der Waals surface area contributed by atoms with E-state index in [-0.39, 0.29) is 11.8 Å². The average Bonchev–Trinajstić information content (AvgIpc) is 2.66. The fourth-order valence-electron chi connectivity index (χ4n) is 3.15. The summed E-state index contributed by atoms with van der Waals surface area (Å²) in [7, 11) is 0. The molecule has 3 rings (SSSR count). The molecule has 4 heteroatoms. The van der Waals surface area contributed by atoms with Gasteiger partial charge in [-0.2, -0.15) is 0 Å². The van der Waals surface area contributed by atoms with Gasteiger partial charge in [0.15, 0.2) is 0 Å². The van der Waals surface area contributed by atoms with E-state index in [4.69, 9.17) is 5.73 Å². The Morgan fingerprint density at radius 1 is 1.11 bits per heavy atom. The third kappa shape index (κ3) is 2.01. The van der Waals surface area contributed by atoms with Crippen LogP contribution in [-0.2, 0) is 0 Å². The SMILES string of the molecule is Nc1cccc2c1C(=O)N(CC1CCCCC1)C2=O. The molecule has 0 radical (unpaired) electrons. The maximum Gasteiger partial charge on any atom is 0.263 e. The number of anilines is 1. The van der Waals surface area contributed by atoms with Crippen LogP contribution in [0.1, 0.15) is 52.8 Å². The first-order valence-electron chi connectivity index (χ1n) is 6.93. The Bertz CT molecular complexity index is 533. The zero-order valence-corrected chi connectivity index (χ0v) is 10.9. The highest BCUT2D eigenvalue weighted by atomic mass is 16.2. The van der Waals surface area contributed by atoms with E-state index in [0.29, 0.717) is 29.3 Å². The molecule has 4 nitrogen and oxygen atoms in total. The van der Waals surface area contributed by atoms with Crippen molar-refractivity contribution in [1.82, 2.24) is 4.90 Å². The highest BCUT2D eigenvalue weighted by Crippen LogP contribution is 2.31. The lowest BCUT2D eigenvalue weighted by Gasteiger charge is -2.25. The number of carbonyl (C=O) groups is 2. The summed E-state index contributed by atoms with van der Waals surface area (Å²) in [6.07, 6.45) is 5.91. The molecule has 2 N–H and O–H groups in total. The molecule has 1 aliphatic heterocycles. The molecule has 0 saturated heterocycles. The molecule has 0 unspecified atom stereocenters. The van der Waals surface area contributed by atoms with Crippen molar-refractivity contribution in [3.8, 4) is 0 Å². The van der Waals surface area contributed by atoms with Crippen molar-refractivity contribution >= 4 is 17.5 Å². The van der Waals surface area contributed by atoms with Crippen molar-refractivity contribution in [2.45, 2.75) is 32.1 Å². The zero-order valence-electron chi connectivity index (χ0n) is 10.9. The minimum Gasteiger partial charge on any atom is -0.398 e. The molecule has 0 atom stereocenters. The molecule has 0 spiro atoms. The molecule has 1 saturated carbocycles. The van der Waals surface area contributed by atoms with Crippen LogP contribution < -0.4 is 5.73 Å². The maximum atomic E-state index is 12.3. The lowest BCUT2D eigenvalue weighted by molar-refractivity contribution is 0.0617. The first-order valence-corrected chi connectivity index (χ1v) is 6.93. The van der Waals surface area contributed by atoms with E-state index in [1.165, 1.54) is 24.2 Å². The number of fused-ring (bicyclic) bond motifs is 1. The molecular weight excluding hydrogens is 240 g/mol. The number of carbonyl (C=O) groups excluding carboxylic acids is 2. The highest BCUT2D eigenvalue weighted by molar-refractivity contribution is 6.23. The van der Waals surface area contributed by atoms with Crippen LogP contribution in [-0.4, -0.2) is 23.3 Å². The van der Waals surface area contributed by atoms with Crippen molar-refractivity contribution in [2.24, 2.45) is 5.92 Å². The lowest BCUT2D eigenvalue weighted by atomic mass is 9.89. The average molecular weight is 258 g/mol. The van der Waals surface area contributed by atoms with Gasteiger partial charge in [0.2, 0.25) is 0 Å². The van der Waals surface area contributed by atoms with Gasteiger partial charge in [-0.3, -0.25) is 14.5 Å². The number of nitrogens with zero attached hydrogens (tertiary/aromatic N) is 1. The molecule has 2 amide bonds. The maximum absolute atomic E-state index is 12.3. The summed E-state index contributed by atoms with van der Waals surface area (Å²) in [5.74, 6) is 0.0544.